The van der Waals surface area contributed by atoms with Crippen molar-refractivity contribution in [1.29, 1.82) is 0 Å². The number of aromatic nitrogens is 1. The number of hydrogen-bond donors (Lipinski definition) is 0. The lowest BCUT2D eigenvalue weighted by Crippen LogP contribution is -2.19. The van der Waals surface area contributed by atoms with E-state index in [0.29, 0.717) is 0 Å². The Morgan fingerprint density at radius 3 is 1.53 bits per heavy atom. The van der Waals surface area contributed by atoms with Crippen LogP contribution in [0.1, 0.15) is 18.4 Å². The number of anilines is 2. The summed E-state index contributed by atoms with van der Waals surface area (Å²) < 4.78 is 2.44. The van der Waals surface area contributed by atoms with Crippen molar-refractivity contribution in [2.45, 2.75) is 12.8 Å². The fourth-order valence-corrected chi connectivity index (χ4v) is 10.8. The number of hydrogen-bond acceptors (Lipinski definition) is 1. The maximum absolute atomic E-state index is 3.68. The van der Waals surface area contributed by atoms with Crippen molar-refractivity contribution in [3.05, 3.63) is 290 Å². The van der Waals surface area contributed by atoms with Crippen molar-refractivity contribution in [2.24, 2.45) is 0 Å². The van der Waals surface area contributed by atoms with Gasteiger partial charge in [0.05, 0.1) is 28.0 Å². The van der Waals surface area contributed by atoms with Crippen LogP contribution in [0.4, 0.5) is 11.4 Å². The summed E-state index contributed by atoms with van der Waals surface area (Å²) in [7, 11) is 0. The number of benzene rings is 10. The Hall–Kier alpha value is -9.42. The van der Waals surface area contributed by atoms with Gasteiger partial charge in [-0.2, -0.15) is 0 Å². The number of fused-ring (bicyclic) bond motifs is 4. The van der Waals surface area contributed by atoms with Gasteiger partial charge >= 0.3 is 0 Å². The predicted molar refractivity (Wildman–Crippen MR) is 303 cm³/mol. The highest BCUT2D eigenvalue weighted by Gasteiger charge is 2.24. The first kappa shape index (κ1) is 42.7. The fraction of sp³-hybridized carbons (Fsp3) is 0.0286. The Morgan fingerprint density at radius 2 is 0.903 bits per heavy atom. The summed E-state index contributed by atoms with van der Waals surface area (Å²) in [4.78, 5) is 2.47. The molecule has 11 aromatic carbocycles. The van der Waals surface area contributed by atoms with Crippen LogP contribution in [0.5, 0.6) is 0 Å². The van der Waals surface area contributed by atoms with Crippen LogP contribution in [0, 0.1) is 12.1 Å². The quantitative estimate of drug-likeness (QED) is 0.133. The second-order valence-electron chi connectivity index (χ2n) is 18.7. The van der Waals surface area contributed by atoms with Crippen LogP contribution in [0.15, 0.2) is 273 Å². The number of para-hydroxylation sites is 1. The third-order valence-electron chi connectivity index (χ3n) is 14.4. The molecule has 1 aliphatic carbocycles. The molecule has 1 aromatic heterocycles. The zero-order valence-electron chi connectivity index (χ0n) is 39.7. The maximum Gasteiger partial charge on any atom is 0.0632 e. The van der Waals surface area contributed by atoms with Crippen LogP contribution in [-0.4, -0.2) is 4.57 Å². The normalized spacial score (nSPS) is 12.4. The molecule has 1 aliphatic rings. The lowest BCUT2D eigenvalue weighted by atomic mass is 9.92. The van der Waals surface area contributed by atoms with Gasteiger partial charge in [-0.3, -0.25) is 0 Å². The smallest absolute Gasteiger partial charge is 0.0632 e. The molecule has 338 valence electrons. The van der Waals surface area contributed by atoms with Gasteiger partial charge in [0.15, 0.2) is 0 Å². The summed E-state index contributed by atoms with van der Waals surface area (Å²) in [6.45, 7) is 0. The zero-order chi connectivity index (χ0) is 47.8. The van der Waals surface area contributed by atoms with Gasteiger partial charge in [-0.05, 0) is 152 Å². The van der Waals surface area contributed by atoms with Crippen LogP contribution in [-0.2, 0) is 0 Å². The van der Waals surface area contributed by atoms with E-state index in [-0.39, 0.29) is 0 Å². The van der Waals surface area contributed by atoms with E-state index in [4.69, 9.17) is 0 Å². The first-order valence-electron chi connectivity index (χ1n) is 24.9. The molecule has 0 radical (unpaired) electrons. The van der Waals surface area contributed by atoms with Gasteiger partial charge in [-0.15, -0.1) is 0 Å². The Labute approximate surface area is 421 Å². The monoisotopic (exact) mass is 916 g/mol. The molecule has 0 N–H and O–H groups in total. The van der Waals surface area contributed by atoms with E-state index in [1.807, 2.05) is 6.07 Å². The minimum Gasteiger partial charge on any atom is -0.314 e. The van der Waals surface area contributed by atoms with Gasteiger partial charge in [-0.25, -0.2) is 0 Å². The van der Waals surface area contributed by atoms with Gasteiger partial charge in [0.2, 0.25) is 0 Å². The van der Waals surface area contributed by atoms with Crippen molar-refractivity contribution in [3.8, 4) is 61.3 Å². The first-order chi connectivity index (χ1) is 35.7. The highest BCUT2D eigenvalue weighted by Crippen LogP contribution is 2.45. The highest BCUT2D eigenvalue weighted by atomic mass is 15.2. The molecule has 0 saturated carbocycles. The van der Waals surface area contributed by atoms with Crippen LogP contribution in [0.2, 0.25) is 0 Å². The maximum atomic E-state index is 3.68. The molecular formula is C70H48N2. The van der Waals surface area contributed by atoms with E-state index in [1.54, 1.807) is 0 Å². The molecule has 13 rings (SSSR count). The molecule has 2 heteroatoms. The van der Waals surface area contributed by atoms with Gasteiger partial charge in [0.25, 0.3) is 0 Å². The molecule has 12 aromatic rings. The largest absolute Gasteiger partial charge is 0.314 e. The number of nitrogens with zero attached hydrogens (tertiary/aromatic N) is 2. The average Bonchev–Trinajstić information content (AvgIpc) is 3.79. The van der Waals surface area contributed by atoms with Gasteiger partial charge < -0.3 is 9.47 Å². The van der Waals surface area contributed by atoms with Crippen molar-refractivity contribution < 1.29 is 0 Å². The number of allylic oxidation sites excluding steroid dienone is 4. The summed E-state index contributed by atoms with van der Waals surface area (Å²) in [5.41, 5.74) is 21.0. The van der Waals surface area contributed by atoms with E-state index in [0.717, 1.165) is 52.1 Å². The van der Waals surface area contributed by atoms with E-state index >= 15 is 0 Å². The molecule has 2 nitrogen and oxygen atoms in total. The summed E-state index contributed by atoms with van der Waals surface area (Å²) in [5, 5.41) is 4.93. The zero-order valence-corrected chi connectivity index (χ0v) is 39.7. The molecule has 0 saturated heterocycles. The molecular weight excluding hydrogens is 869 g/mol. The first-order valence-corrected chi connectivity index (χ1v) is 24.9. The van der Waals surface area contributed by atoms with Crippen molar-refractivity contribution in [1.82, 2.24) is 4.57 Å². The minimum absolute atomic E-state index is 0.867. The van der Waals surface area contributed by atoms with Gasteiger partial charge in [-0.1, -0.05) is 206 Å². The summed E-state index contributed by atoms with van der Waals surface area (Å²) in [6, 6.07) is 99.4. The molecule has 0 aliphatic heterocycles. The Kier molecular flexibility index (Phi) is 11.0. The third-order valence-corrected chi connectivity index (χ3v) is 14.4. The Balaban J connectivity index is 0.965. The van der Waals surface area contributed by atoms with Crippen LogP contribution >= 0.6 is 0 Å². The van der Waals surface area contributed by atoms with Crippen molar-refractivity contribution >= 4 is 49.5 Å². The highest BCUT2D eigenvalue weighted by molar-refractivity contribution is 6.12. The minimum atomic E-state index is 0.867. The van der Waals surface area contributed by atoms with E-state index in [9.17, 15) is 0 Å². The Morgan fingerprint density at radius 1 is 0.375 bits per heavy atom. The van der Waals surface area contributed by atoms with Crippen LogP contribution in [0.25, 0.3) is 99.5 Å². The number of rotatable bonds is 10. The van der Waals surface area contributed by atoms with Gasteiger partial charge in [0.1, 0.15) is 0 Å². The standard InChI is InChI=1S/C70H48N2/c1-4-17-49(18-5-1)56-25-16-26-57(45-56)53-33-39-61(40-34-53)71(62-41-35-54(36-42-62)58-32-31-52-23-10-11-24-55(52)46-58)67-29-14-12-27-63(67)64-28-13-15-30-68(64)72-69-43-37-59(50-19-6-2-7-20-50)47-65(69)66-48-60(38-44-70(66)72)51-21-8-3-9-22-51/h1-12,14-27,29-35,37-41,43-48H,36,42H2. The fourth-order valence-electron chi connectivity index (χ4n) is 10.8. The molecule has 0 spiro atoms. The third kappa shape index (κ3) is 7.94. The summed E-state index contributed by atoms with van der Waals surface area (Å²) in [5.74, 6) is 0. The second-order valence-corrected chi connectivity index (χ2v) is 18.7. The lowest BCUT2D eigenvalue weighted by molar-refractivity contribution is 0.930. The molecule has 0 atom stereocenters. The summed E-state index contributed by atoms with van der Waals surface area (Å²) in [6.07, 6.45) is 6.46. The molecule has 0 bridgehead atoms. The molecule has 1 heterocycles. The predicted octanol–water partition coefficient (Wildman–Crippen LogP) is 18.8. The topological polar surface area (TPSA) is 8.17 Å². The average molecular weight is 917 g/mol. The van der Waals surface area contributed by atoms with Crippen LogP contribution < -0.4 is 4.90 Å². The molecule has 0 unspecified atom stereocenters. The van der Waals surface area contributed by atoms with E-state index in [2.05, 4.69) is 282 Å². The van der Waals surface area contributed by atoms with E-state index in [1.165, 1.54) is 82.9 Å². The van der Waals surface area contributed by atoms with Crippen molar-refractivity contribution in [3.63, 3.8) is 0 Å². The van der Waals surface area contributed by atoms with E-state index < -0.39 is 0 Å². The summed E-state index contributed by atoms with van der Waals surface area (Å²) >= 11 is 0. The SMILES string of the molecule is c1ccc(-n2c3ccc(-c4ccccc4)cc3c3cc(-c4ccccc4)ccc32)c(-c2ccccc2N(C2=CC=C(c3ccc4ccccc4c3)CC2)c2ccc(-c3cccc(-c4ccccc4)c3)cc2)c#1. The second kappa shape index (κ2) is 18.5. The lowest BCUT2D eigenvalue weighted by Gasteiger charge is -2.32. The van der Waals surface area contributed by atoms with Gasteiger partial charge in [0, 0.05) is 27.7 Å². The molecule has 72 heavy (non-hydrogen) atoms. The molecule has 0 amide bonds. The van der Waals surface area contributed by atoms with Crippen molar-refractivity contribution in [2.75, 3.05) is 4.90 Å². The Bertz CT molecular complexity index is 3910. The van der Waals surface area contributed by atoms with Crippen LogP contribution in [0.3, 0.4) is 0 Å². The molecule has 0 fully saturated rings.